The maximum Gasteiger partial charge on any atom is 0.226 e. The Morgan fingerprint density at radius 2 is 0.917 bits per heavy atom. The summed E-state index contributed by atoms with van der Waals surface area (Å²) < 4.78 is 0. The van der Waals surface area contributed by atoms with Crippen molar-refractivity contribution in [3.05, 3.63) is 143 Å². The van der Waals surface area contributed by atoms with Crippen LogP contribution in [-0.2, 0) is 35.3 Å². The minimum absolute atomic E-state index is 0.209. The van der Waals surface area contributed by atoms with Crippen molar-refractivity contribution in [1.29, 1.82) is 0 Å². The van der Waals surface area contributed by atoms with Gasteiger partial charge in [0.05, 0.1) is 48.3 Å². The second-order valence-electron chi connectivity index (χ2n) is 13.2. The Labute approximate surface area is 281 Å². The van der Waals surface area contributed by atoms with Crippen molar-refractivity contribution in [1.82, 2.24) is 10.6 Å². The lowest BCUT2D eigenvalue weighted by molar-refractivity contribution is -0.143. The zero-order chi connectivity index (χ0) is 33.6. The van der Waals surface area contributed by atoms with Gasteiger partial charge in [-0.25, -0.2) is 0 Å². The highest BCUT2D eigenvalue weighted by Gasteiger charge is 2.42. The molecule has 0 heterocycles. The molecule has 250 valence electrons. The number of aryl methyl sites for hydroxylation is 2. The number of benzene rings is 4. The molecule has 0 radical (unpaired) electrons. The predicted molar refractivity (Wildman–Crippen MR) is 183 cm³/mol. The molecule has 4 aromatic carbocycles. The van der Waals surface area contributed by atoms with E-state index < -0.39 is 60.1 Å². The number of nitrogens with one attached hydrogen (secondary N) is 2. The summed E-state index contributed by atoms with van der Waals surface area (Å²) in [5.74, 6) is -3.16. The van der Waals surface area contributed by atoms with Crippen molar-refractivity contribution < 1.29 is 30.0 Å². The fraction of sp³-hybridized carbons (Fsp3) is 0.350. The minimum atomic E-state index is -1.59. The first-order chi connectivity index (χ1) is 23.3. The molecular formula is C40H44N2O6. The molecule has 8 heteroatoms. The molecule has 48 heavy (non-hydrogen) atoms. The number of fused-ring (bicyclic) bond motifs is 2. The van der Waals surface area contributed by atoms with Gasteiger partial charge in [-0.3, -0.25) is 9.59 Å². The van der Waals surface area contributed by atoms with E-state index in [0.717, 1.165) is 33.4 Å². The first kappa shape index (κ1) is 33.6. The maximum atomic E-state index is 14.0. The molecule has 8 nitrogen and oxygen atoms in total. The van der Waals surface area contributed by atoms with Gasteiger partial charge in [-0.1, -0.05) is 109 Å². The number of amides is 2. The number of aliphatic hydroxyl groups is 4. The monoisotopic (exact) mass is 648 g/mol. The average molecular weight is 649 g/mol. The molecule has 6 rings (SSSR count). The van der Waals surface area contributed by atoms with Crippen LogP contribution in [0, 0.1) is 11.8 Å². The third-order valence-corrected chi connectivity index (χ3v) is 10.0. The summed E-state index contributed by atoms with van der Waals surface area (Å²) in [6.45, 7) is 0. The van der Waals surface area contributed by atoms with E-state index in [1.54, 1.807) is 0 Å². The molecule has 2 aliphatic rings. The zero-order valence-corrected chi connectivity index (χ0v) is 26.9. The number of aliphatic hydroxyl groups excluding tert-OH is 4. The third kappa shape index (κ3) is 7.53. The molecule has 0 aliphatic heterocycles. The normalized spacial score (nSPS) is 22.2. The molecule has 0 unspecified atom stereocenters. The van der Waals surface area contributed by atoms with Crippen molar-refractivity contribution in [2.45, 2.75) is 75.0 Å². The van der Waals surface area contributed by atoms with Gasteiger partial charge >= 0.3 is 0 Å². The summed E-state index contributed by atoms with van der Waals surface area (Å²) in [7, 11) is 0. The lowest BCUT2D eigenvalue weighted by Gasteiger charge is -2.33. The highest BCUT2D eigenvalue weighted by molar-refractivity contribution is 5.82. The predicted octanol–water partition coefficient (Wildman–Crippen LogP) is 3.76. The van der Waals surface area contributed by atoms with E-state index in [9.17, 15) is 30.0 Å². The van der Waals surface area contributed by atoms with Crippen LogP contribution in [0.15, 0.2) is 109 Å². The van der Waals surface area contributed by atoms with Crippen LogP contribution in [-0.4, -0.2) is 56.7 Å². The number of hydrogen-bond acceptors (Lipinski definition) is 6. The van der Waals surface area contributed by atoms with Gasteiger partial charge in [0.1, 0.15) is 0 Å². The van der Waals surface area contributed by atoms with Gasteiger partial charge in [-0.2, -0.15) is 0 Å². The van der Waals surface area contributed by atoms with Crippen LogP contribution in [0.25, 0.3) is 0 Å². The number of carbonyl (C=O) groups excluding carboxylic acids is 2. The molecule has 0 spiro atoms. The van der Waals surface area contributed by atoms with E-state index in [1.807, 2.05) is 109 Å². The third-order valence-electron chi connectivity index (χ3n) is 10.0. The van der Waals surface area contributed by atoms with Crippen LogP contribution in [0.1, 0.15) is 58.3 Å². The van der Waals surface area contributed by atoms with Crippen molar-refractivity contribution in [2.75, 3.05) is 0 Å². The SMILES string of the molecule is O=C(N[C@H]1c2ccccc2C[C@H]1O)[C@H](CCc1ccccc1)[C@H](O)[C@@H](O)[C@@H](CCc1ccccc1)C(=O)N[C@H]1c2ccccc2C[C@H]1O. The Kier molecular flexibility index (Phi) is 10.7. The van der Waals surface area contributed by atoms with Crippen LogP contribution in [0.3, 0.4) is 0 Å². The molecule has 0 saturated heterocycles. The Hall–Kier alpha value is -4.34. The molecule has 0 aromatic heterocycles. The van der Waals surface area contributed by atoms with E-state index in [-0.39, 0.29) is 12.8 Å². The van der Waals surface area contributed by atoms with Gasteiger partial charge < -0.3 is 31.1 Å². The Balaban J connectivity index is 1.25. The molecule has 8 atom stereocenters. The lowest BCUT2D eigenvalue weighted by Crippen LogP contribution is -2.51. The average Bonchev–Trinajstić information content (AvgIpc) is 3.59. The Morgan fingerprint density at radius 3 is 1.31 bits per heavy atom. The Bertz CT molecular complexity index is 1560. The molecule has 2 amide bonds. The molecule has 6 N–H and O–H groups in total. The standard InChI is InChI=1S/C40H44N2O6/c43-33-23-27-15-7-9-17-29(27)35(33)41-39(47)31(21-19-25-11-3-1-4-12-25)37(45)38(46)32(22-20-26-13-5-2-6-14-26)40(48)42-36-30-18-10-8-16-28(30)24-34(36)44/h1-18,31-38,43-46H,19-24H2,(H,41,47)(H,42,48)/t31-,32-,33-,34-,35+,36+,37+,38+/m1/s1. The summed E-state index contributed by atoms with van der Waals surface area (Å²) in [6, 6.07) is 33.0. The zero-order valence-electron chi connectivity index (χ0n) is 26.9. The van der Waals surface area contributed by atoms with E-state index in [0.29, 0.717) is 25.7 Å². The van der Waals surface area contributed by atoms with E-state index in [2.05, 4.69) is 10.6 Å². The largest absolute Gasteiger partial charge is 0.390 e. The molecular weight excluding hydrogens is 604 g/mol. The Morgan fingerprint density at radius 1 is 0.562 bits per heavy atom. The molecule has 0 bridgehead atoms. The van der Waals surface area contributed by atoms with Crippen molar-refractivity contribution in [3.8, 4) is 0 Å². The van der Waals surface area contributed by atoms with Crippen molar-refractivity contribution in [2.24, 2.45) is 11.8 Å². The van der Waals surface area contributed by atoms with E-state index in [1.165, 1.54) is 0 Å². The van der Waals surface area contributed by atoms with Crippen LogP contribution < -0.4 is 10.6 Å². The number of hydrogen-bond donors (Lipinski definition) is 6. The highest BCUT2D eigenvalue weighted by atomic mass is 16.3. The van der Waals surface area contributed by atoms with Crippen LogP contribution in [0.2, 0.25) is 0 Å². The molecule has 0 saturated carbocycles. The topological polar surface area (TPSA) is 139 Å². The van der Waals surface area contributed by atoms with Gasteiger partial charge in [0, 0.05) is 12.8 Å². The summed E-state index contributed by atoms with van der Waals surface area (Å²) in [4.78, 5) is 28.1. The summed E-state index contributed by atoms with van der Waals surface area (Å²) in [5, 5.41) is 51.3. The molecule has 2 aliphatic carbocycles. The second-order valence-corrected chi connectivity index (χ2v) is 13.2. The highest BCUT2D eigenvalue weighted by Crippen LogP contribution is 2.34. The molecule has 0 fully saturated rings. The maximum absolute atomic E-state index is 14.0. The van der Waals surface area contributed by atoms with Gasteiger partial charge in [-0.15, -0.1) is 0 Å². The van der Waals surface area contributed by atoms with Gasteiger partial charge in [0.25, 0.3) is 0 Å². The van der Waals surface area contributed by atoms with Crippen LogP contribution >= 0.6 is 0 Å². The summed E-state index contributed by atoms with van der Waals surface area (Å²) in [5.41, 5.74) is 5.48. The fourth-order valence-electron chi connectivity index (χ4n) is 7.34. The summed E-state index contributed by atoms with van der Waals surface area (Å²) in [6.07, 6.45) is -2.69. The van der Waals surface area contributed by atoms with E-state index >= 15 is 0 Å². The number of carbonyl (C=O) groups is 2. The minimum Gasteiger partial charge on any atom is -0.390 e. The summed E-state index contributed by atoms with van der Waals surface area (Å²) >= 11 is 0. The first-order valence-electron chi connectivity index (χ1n) is 16.9. The smallest absolute Gasteiger partial charge is 0.226 e. The second kappa shape index (κ2) is 15.3. The van der Waals surface area contributed by atoms with Crippen molar-refractivity contribution >= 4 is 11.8 Å². The fourth-order valence-corrected chi connectivity index (χ4v) is 7.34. The van der Waals surface area contributed by atoms with E-state index in [4.69, 9.17) is 0 Å². The van der Waals surface area contributed by atoms with Crippen molar-refractivity contribution in [3.63, 3.8) is 0 Å². The first-order valence-corrected chi connectivity index (χ1v) is 16.9. The van der Waals surface area contributed by atoms with Gasteiger partial charge in [0.2, 0.25) is 11.8 Å². The van der Waals surface area contributed by atoms with Gasteiger partial charge in [0.15, 0.2) is 0 Å². The molecule has 4 aromatic rings. The lowest BCUT2D eigenvalue weighted by atomic mass is 9.82. The van der Waals surface area contributed by atoms with Crippen LogP contribution in [0.5, 0.6) is 0 Å². The quantitative estimate of drug-likeness (QED) is 0.131. The van der Waals surface area contributed by atoms with Gasteiger partial charge in [-0.05, 0) is 59.1 Å². The van der Waals surface area contributed by atoms with Crippen LogP contribution in [0.4, 0.5) is 0 Å². The number of rotatable bonds is 13.